The molecule has 0 aliphatic heterocycles. The molecule has 0 saturated heterocycles. The summed E-state index contributed by atoms with van der Waals surface area (Å²) < 4.78 is 5.09. The molecule has 92 valence electrons. The Morgan fingerprint density at radius 3 is 2.50 bits per heavy atom. The molecule has 18 heavy (non-hydrogen) atoms. The van der Waals surface area contributed by atoms with Crippen LogP contribution in [-0.2, 0) is 11.3 Å². The van der Waals surface area contributed by atoms with Gasteiger partial charge in [0.1, 0.15) is 17.9 Å². The molecule has 0 aliphatic rings. The van der Waals surface area contributed by atoms with Gasteiger partial charge in [-0.05, 0) is 17.7 Å². The zero-order valence-electron chi connectivity index (χ0n) is 9.47. The van der Waals surface area contributed by atoms with Gasteiger partial charge >= 0.3 is 5.97 Å². The number of benzene rings is 2. The Balaban J connectivity index is 2.09. The van der Waals surface area contributed by atoms with Gasteiger partial charge in [-0.2, -0.15) is 0 Å². The third kappa shape index (κ3) is 2.81. The summed E-state index contributed by atoms with van der Waals surface area (Å²) in [6.45, 7) is 0.143. The van der Waals surface area contributed by atoms with E-state index >= 15 is 0 Å². The molecule has 3 nitrogen and oxygen atoms in total. The minimum atomic E-state index is -0.637. The van der Waals surface area contributed by atoms with Gasteiger partial charge in [-0.25, -0.2) is 4.79 Å². The second-order valence-corrected chi connectivity index (χ2v) is 4.10. The monoisotopic (exact) mass is 262 g/mol. The number of phenolic OH excluding ortho intramolecular Hbond substituents is 1. The van der Waals surface area contributed by atoms with Gasteiger partial charge in [0, 0.05) is 0 Å². The van der Waals surface area contributed by atoms with E-state index in [-0.39, 0.29) is 22.9 Å². The van der Waals surface area contributed by atoms with Crippen LogP contribution in [0.3, 0.4) is 0 Å². The van der Waals surface area contributed by atoms with E-state index in [2.05, 4.69) is 0 Å². The van der Waals surface area contributed by atoms with Gasteiger partial charge in [-0.15, -0.1) is 0 Å². The molecule has 0 aromatic heterocycles. The SMILES string of the molecule is O=C(OCc1ccccc1)c1c(O)cccc1Cl. The lowest BCUT2D eigenvalue weighted by Gasteiger charge is -2.07. The molecular weight excluding hydrogens is 252 g/mol. The van der Waals surface area contributed by atoms with Gasteiger partial charge in [-0.3, -0.25) is 0 Å². The van der Waals surface area contributed by atoms with Gasteiger partial charge in [0.2, 0.25) is 0 Å². The van der Waals surface area contributed by atoms with Crippen LogP contribution in [0.15, 0.2) is 48.5 Å². The van der Waals surface area contributed by atoms with Gasteiger partial charge in [0.05, 0.1) is 5.02 Å². The Bertz CT molecular complexity index is 532. The number of rotatable bonds is 3. The van der Waals surface area contributed by atoms with Gasteiger partial charge in [0.25, 0.3) is 0 Å². The number of phenols is 1. The topological polar surface area (TPSA) is 46.5 Å². The van der Waals surface area contributed by atoms with Crippen LogP contribution in [0.1, 0.15) is 15.9 Å². The quantitative estimate of drug-likeness (QED) is 0.863. The maximum atomic E-state index is 11.8. The number of carbonyl (C=O) groups excluding carboxylic acids is 1. The number of aromatic hydroxyl groups is 1. The summed E-state index contributed by atoms with van der Waals surface area (Å²) in [7, 11) is 0. The van der Waals surface area contributed by atoms with E-state index in [4.69, 9.17) is 16.3 Å². The Labute approximate surface area is 110 Å². The van der Waals surface area contributed by atoms with Crippen molar-refractivity contribution in [3.8, 4) is 5.75 Å². The maximum Gasteiger partial charge on any atom is 0.343 e. The van der Waals surface area contributed by atoms with Gasteiger partial charge < -0.3 is 9.84 Å². The summed E-state index contributed by atoms with van der Waals surface area (Å²) in [6.07, 6.45) is 0. The van der Waals surface area contributed by atoms with Crippen LogP contribution in [0.4, 0.5) is 0 Å². The lowest BCUT2D eigenvalue weighted by molar-refractivity contribution is 0.0469. The third-order valence-corrected chi connectivity index (χ3v) is 2.72. The van der Waals surface area contributed by atoms with Crippen molar-refractivity contribution in [2.75, 3.05) is 0 Å². The predicted octanol–water partition coefficient (Wildman–Crippen LogP) is 3.40. The molecule has 1 N–H and O–H groups in total. The maximum absolute atomic E-state index is 11.8. The van der Waals surface area contributed by atoms with Crippen molar-refractivity contribution in [2.45, 2.75) is 6.61 Å². The van der Waals surface area contributed by atoms with Crippen LogP contribution in [-0.4, -0.2) is 11.1 Å². The largest absolute Gasteiger partial charge is 0.507 e. The van der Waals surface area contributed by atoms with Crippen molar-refractivity contribution < 1.29 is 14.6 Å². The van der Waals surface area contributed by atoms with Crippen molar-refractivity contribution in [3.05, 3.63) is 64.7 Å². The molecule has 2 aromatic carbocycles. The van der Waals surface area contributed by atoms with E-state index < -0.39 is 5.97 Å². The number of hydrogen-bond donors (Lipinski definition) is 1. The molecule has 0 bridgehead atoms. The van der Waals surface area contributed by atoms with Crippen molar-refractivity contribution in [1.82, 2.24) is 0 Å². The van der Waals surface area contributed by atoms with Crippen molar-refractivity contribution in [2.24, 2.45) is 0 Å². The van der Waals surface area contributed by atoms with Crippen LogP contribution in [0.25, 0.3) is 0 Å². The van der Waals surface area contributed by atoms with Crippen LogP contribution in [0.5, 0.6) is 5.75 Å². The highest BCUT2D eigenvalue weighted by Crippen LogP contribution is 2.26. The van der Waals surface area contributed by atoms with Crippen LogP contribution < -0.4 is 0 Å². The van der Waals surface area contributed by atoms with E-state index in [0.717, 1.165) is 5.56 Å². The summed E-state index contributed by atoms with van der Waals surface area (Å²) >= 11 is 5.85. The molecule has 2 aromatic rings. The summed E-state index contributed by atoms with van der Waals surface area (Å²) in [4.78, 5) is 11.8. The fourth-order valence-corrected chi connectivity index (χ4v) is 1.76. The van der Waals surface area contributed by atoms with Crippen LogP contribution in [0.2, 0.25) is 5.02 Å². The number of ether oxygens (including phenoxy) is 1. The first-order valence-electron chi connectivity index (χ1n) is 5.37. The van der Waals surface area contributed by atoms with E-state index in [9.17, 15) is 9.90 Å². The van der Waals surface area contributed by atoms with E-state index in [1.807, 2.05) is 30.3 Å². The van der Waals surface area contributed by atoms with E-state index in [0.29, 0.717) is 0 Å². The van der Waals surface area contributed by atoms with Crippen LogP contribution >= 0.6 is 11.6 Å². The minimum absolute atomic E-state index is 0.00454. The molecule has 4 heteroatoms. The minimum Gasteiger partial charge on any atom is -0.507 e. The average Bonchev–Trinajstić information content (AvgIpc) is 2.37. The summed E-state index contributed by atoms with van der Waals surface area (Å²) in [5.41, 5.74) is 0.868. The molecule has 2 rings (SSSR count). The highest BCUT2D eigenvalue weighted by molar-refractivity contribution is 6.34. The first kappa shape index (κ1) is 12.5. The Hall–Kier alpha value is -2.00. The zero-order chi connectivity index (χ0) is 13.0. The van der Waals surface area contributed by atoms with Crippen molar-refractivity contribution in [3.63, 3.8) is 0 Å². The predicted molar refractivity (Wildman–Crippen MR) is 68.7 cm³/mol. The van der Waals surface area contributed by atoms with E-state index in [1.54, 1.807) is 6.07 Å². The Kier molecular flexibility index (Phi) is 3.85. The molecule has 0 saturated carbocycles. The normalized spacial score (nSPS) is 10.1. The van der Waals surface area contributed by atoms with E-state index in [1.165, 1.54) is 12.1 Å². The number of halogens is 1. The second-order valence-electron chi connectivity index (χ2n) is 3.70. The fourth-order valence-electron chi connectivity index (χ4n) is 1.51. The summed E-state index contributed by atoms with van der Waals surface area (Å²) in [5, 5.41) is 9.75. The fraction of sp³-hybridized carbons (Fsp3) is 0.0714. The lowest BCUT2D eigenvalue weighted by Crippen LogP contribution is -2.06. The molecular formula is C14H11ClO3. The molecule has 0 fully saturated rings. The molecule has 0 unspecified atom stereocenters. The number of hydrogen-bond acceptors (Lipinski definition) is 3. The van der Waals surface area contributed by atoms with Crippen LogP contribution in [0, 0.1) is 0 Å². The molecule has 0 spiro atoms. The average molecular weight is 263 g/mol. The molecule has 0 atom stereocenters. The summed E-state index contributed by atoms with van der Waals surface area (Å²) in [6, 6.07) is 13.8. The molecule has 0 aliphatic carbocycles. The first-order chi connectivity index (χ1) is 8.68. The van der Waals surface area contributed by atoms with Gasteiger partial charge in [0.15, 0.2) is 0 Å². The third-order valence-electron chi connectivity index (χ3n) is 2.41. The highest BCUT2D eigenvalue weighted by atomic mass is 35.5. The Morgan fingerprint density at radius 1 is 1.11 bits per heavy atom. The zero-order valence-corrected chi connectivity index (χ0v) is 10.2. The first-order valence-corrected chi connectivity index (χ1v) is 5.75. The second kappa shape index (κ2) is 5.56. The highest BCUT2D eigenvalue weighted by Gasteiger charge is 2.16. The summed E-state index contributed by atoms with van der Waals surface area (Å²) in [5.74, 6) is -0.817. The van der Waals surface area contributed by atoms with Gasteiger partial charge in [-0.1, -0.05) is 48.0 Å². The molecule has 0 radical (unpaired) electrons. The van der Waals surface area contributed by atoms with Crippen molar-refractivity contribution >= 4 is 17.6 Å². The standard InChI is InChI=1S/C14H11ClO3/c15-11-7-4-8-12(16)13(11)14(17)18-9-10-5-2-1-3-6-10/h1-8,16H,9H2. The Morgan fingerprint density at radius 2 is 1.83 bits per heavy atom. The molecule has 0 amide bonds. The van der Waals surface area contributed by atoms with Crippen molar-refractivity contribution in [1.29, 1.82) is 0 Å². The number of esters is 1. The smallest absolute Gasteiger partial charge is 0.343 e. The number of carbonyl (C=O) groups is 1. The lowest BCUT2D eigenvalue weighted by atomic mass is 10.2. The molecule has 0 heterocycles.